The molecule has 0 aliphatic carbocycles. The van der Waals surface area contributed by atoms with Gasteiger partial charge in [0.2, 0.25) is 0 Å². The second-order valence-electron chi connectivity index (χ2n) is 4.89. The molecule has 1 rings (SSSR count). The van der Waals surface area contributed by atoms with E-state index in [4.69, 9.17) is 16.3 Å². The zero-order valence-electron chi connectivity index (χ0n) is 12.6. The van der Waals surface area contributed by atoms with Crippen molar-refractivity contribution in [2.45, 2.75) is 52.2 Å². The number of likely N-dealkylation sites (N-methyl/N-ethyl adjacent to an activating group) is 1. The molecule has 0 amide bonds. The van der Waals surface area contributed by atoms with Gasteiger partial charge in [-0.3, -0.25) is 0 Å². The van der Waals surface area contributed by atoms with Gasteiger partial charge in [-0.15, -0.1) is 0 Å². The van der Waals surface area contributed by atoms with E-state index in [0.717, 1.165) is 19.4 Å². The molecule has 0 spiro atoms. The molecular weight excluding hydrogens is 277 g/mol. The molecule has 0 radical (unpaired) electrons. The predicted octanol–water partition coefficient (Wildman–Crippen LogP) is 4.20. The summed E-state index contributed by atoms with van der Waals surface area (Å²) in [5.74, 6) is -0.243. The third kappa shape index (κ3) is 5.39. The first-order valence-electron chi connectivity index (χ1n) is 7.41. The van der Waals surface area contributed by atoms with Crippen LogP contribution in [0.25, 0.3) is 0 Å². The van der Waals surface area contributed by atoms with Crippen molar-refractivity contribution in [1.82, 2.24) is 5.32 Å². The van der Waals surface area contributed by atoms with E-state index in [1.165, 1.54) is 6.07 Å². The summed E-state index contributed by atoms with van der Waals surface area (Å²) in [6, 6.07) is 4.99. The smallest absolute Gasteiger partial charge is 0.127 e. The molecule has 0 bridgehead atoms. The number of rotatable bonds is 9. The van der Waals surface area contributed by atoms with Crippen LogP contribution in [0.1, 0.15) is 39.2 Å². The summed E-state index contributed by atoms with van der Waals surface area (Å²) in [7, 11) is 0. The maximum atomic E-state index is 13.9. The molecule has 1 N–H and O–H groups in total. The van der Waals surface area contributed by atoms with Gasteiger partial charge in [0.15, 0.2) is 0 Å². The van der Waals surface area contributed by atoms with Crippen LogP contribution in [0.5, 0.6) is 0 Å². The maximum Gasteiger partial charge on any atom is 0.127 e. The molecule has 1 aromatic rings. The van der Waals surface area contributed by atoms with Crippen molar-refractivity contribution in [3.63, 3.8) is 0 Å². The molecular formula is C16H25ClFNO. The largest absolute Gasteiger partial charge is 0.377 e. The van der Waals surface area contributed by atoms with E-state index in [2.05, 4.69) is 19.2 Å². The lowest BCUT2D eigenvalue weighted by Crippen LogP contribution is -2.43. The summed E-state index contributed by atoms with van der Waals surface area (Å²) in [4.78, 5) is 0. The van der Waals surface area contributed by atoms with Gasteiger partial charge in [0.1, 0.15) is 5.82 Å². The first-order chi connectivity index (χ1) is 9.62. The standard InChI is InChI=1S/C16H25ClFNO/c1-4-7-16(20-6-3)15(19-5-2)10-12-8-9-13(17)11-14(12)18/h8-9,11,15-16,19H,4-7,10H2,1-3H3. The summed E-state index contributed by atoms with van der Waals surface area (Å²) in [6.07, 6.45) is 2.75. The van der Waals surface area contributed by atoms with Crippen molar-refractivity contribution in [2.24, 2.45) is 0 Å². The lowest BCUT2D eigenvalue weighted by atomic mass is 9.97. The highest BCUT2D eigenvalue weighted by molar-refractivity contribution is 6.30. The van der Waals surface area contributed by atoms with Gasteiger partial charge in [-0.25, -0.2) is 4.39 Å². The third-order valence-corrected chi connectivity index (χ3v) is 3.56. The van der Waals surface area contributed by atoms with E-state index < -0.39 is 0 Å². The molecule has 2 unspecified atom stereocenters. The number of hydrogen-bond donors (Lipinski definition) is 1. The number of hydrogen-bond acceptors (Lipinski definition) is 2. The highest BCUT2D eigenvalue weighted by Crippen LogP contribution is 2.19. The Hall–Kier alpha value is -0.640. The van der Waals surface area contributed by atoms with Gasteiger partial charge in [0, 0.05) is 17.7 Å². The first kappa shape index (κ1) is 17.4. The van der Waals surface area contributed by atoms with Crippen LogP contribution in [0, 0.1) is 5.82 Å². The fraction of sp³-hybridized carbons (Fsp3) is 0.625. The fourth-order valence-corrected chi connectivity index (χ4v) is 2.58. The zero-order chi connectivity index (χ0) is 15.0. The zero-order valence-corrected chi connectivity index (χ0v) is 13.3. The monoisotopic (exact) mass is 301 g/mol. The Labute approximate surface area is 126 Å². The molecule has 20 heavy (non-hydrogen) atoms. The molecule has 2 nitrogen and oxygen atoms in total. The Balaban J connectivity index is 2.83. The predicted molar refractivity (Wildman–Crippen MR) is 82.9 cm³/mol. The summed E-state index contributed by atoms with van der Waals surface area (Å²) in [5, 5.41) is 3.85. The molecule has 0 saturated carbocycles. The van der Waals surface area contributed by atoms with Gasteiger partial charge < -0.3 is 10.1 Å². The van der Waals surface area contributed by atoms with Gasteiger partial charge in [-0.2, -0.15) is 0 Å². The first-order valence-corrected chi connectivity index (χ1v) is 7.79. The minimum Gasteiger partial charge on any atom is -0.377 e. The number of halogens is 2. The van der Waals surface area contributed by atoms with Crippen LogP contribution < -0.4 is 5.32 Å². The van der Waals surface area contributed by atoms with E-state index in [1.807, 2.05) is 6.92 Å². The van der Waals surface area contributed by atoms with Crippen molar-refractivity contribution in [3.05, 3.63) is 34.6 Å². The van der Waals surface area contributed by atoms with Gasteiger partial charge in [0.25, 0.3) is 0 Å². The Morgan fingerprint density at radius 1 is 1.30 bits per heavy atom. The topological polar surface area (TPSA) is 21.3 Å². The van der Waals surface area contributed by atoms with E-state index in [0.29, 0.717) is 23.6 Å². The molecule has 2 atom stereocenters. The molecule has 114 valence electrons. The van der Waals surface area contributed by atoms with Gasteiger partial charge in [-0.05, 0) is 44.0 Å². The SMILES string of the molecule is CCCC(OCC)C(Cc1ccc(Cl)cc1F)NCC. The summed E-state index contributed by atoms with van der Waals surface area (Å²) < 4.78 is 19.8. The quantitative estimate of drug-likeness (QED) is 0.738. The van der Waals surface area contributed by atoms with Gasteiger partial charge >= 0.3 is 0 Å². The number of benzene rings is 1. The van der Waals surface area contributed by atoms with Crippen molar-refractivity contribution in [2.75, 3.05) is 13.2 Å². The van der Waals surface area contributed by atoms with E-state index >= 15 is 0 Å². The molecule has 0 aliphatic heterocycles. The Bertz CT molecular complexity index is 394. The molecule has 0 aromatic heterocycles. The van der Waals surface area contributed by atoms with Crippen LogP contribution in [0.3, 0.4) is 0 Å². The third-order valence-electron chi connectivity index (χ3n) is 3.32. The molecule has 1 aromatic carbocycles. The van der Waals surface area contributed by atoms with Crippen LogP contribution in [0.4, 0.5) is 4.39 Å². The summed E-state index contributed by atoms with van der Waals surface area (Å²) >= 11 is 5.80. The van der Waals surface area contributed by atoms with Crippen molar-refractivity contribution >= 4 is 11.6 Å². The molecule has 0 aliphatic rings. The van der Waals surface area contributed by atoms with Crippen LogP contribution in [0.2, 0.25) is 5.02 Å². The lowest BCUT2D eigenvalue weighted by Gasteiger charge is -2.28. The van der Waals surface area contributed by atoms with Crippen LogP contribution in [-0.4, -0.2) is 25.3 Å². The highest BCUT2D eigenvalue weighted by Gasteiger charge is 2.22. The molecule has 0 fully saturated rings. The Morgan fingerprint density at radius 3 is 2.60 bits per heavy atom. The van der Waals surface area contributed by atoms with Gasteiger partial charge in [-0.1, -0.05) is 37.9 Å². The highest BCUT2D eigenvalue weighted by atomic mass is 35.5. The molecule has 4 heteroatoms. The second kappa shape index (κ2) is 9.32. The Kier molecular flexibility index (Phi) is 8.12. The normalized spacial score (nSPS) is 14.2. The van der Waals surface area contributed by atoms with Crippen molar-refractivity contribution < 1.29 is 9.13 Å². The fourth-order valence-electron chi connectivity index (χ4n) is 2.42. The van der Waals surface area contributed by atoms with Crippen LogP contribution in [-0.2, 0) is 11.2 Å². The minimum absolute atomic E-state index is 0.111. The van der Waals surface area contributed by atoms with E-state index in [-0.39, 0.29) is 18.0 Å². The van der Waals surface area contributed by atoms with Crippen LogP contribution >= 0.6 is 11.6 Å². The maximum absolute atomic E-state index is 13.9. The number of ether oxygens (including phenoxy) is 1. The molecule has 0 saturated heterocycles. The molecule has 0 heterocycles. The summed E-state index contributed by atoms with van der Waals surface area (Å²) in [6.45, 7) is 7.70. The van der Waals surface area contributed by atoms with E-state index in [9.17, 15) is 4.39 Å². The van der Waals surface area contributed by atoms with Crippen molar-refractivity contribution in [3.8, 4) is 0 Å². The Morgan fingerprint density at radius 2 is 2.05 bits per heavy atom. The van der Waals surface area contributed by atoms with E-state index in [1.54, 1.807) is 12.1 Å². The average molecular weight is 302 g/mol. The van der Waals surface area contributed by atoms with Gasteiger partial charge in [0.05, 0.1) is 6.10 Å². The minimum atomic E-state index is -0.243. The summed E-state index contributed by atoms with van der Waals surface area (Å²) in [5.41, 5.74) is 0.682. The average Bonchev–Trinajstić information content (AvgIpc) is 2.41. The van der Waals surface area contributed by atoms with Crippen LogP contribution in [0.15, 0.2) is 18.2 Å². The second-order valence-corrected chi connectivity index (χ2v) is 5.32. The van der Waals surface area contributed by atoms with Crippen molar-refractivity contribution in [1.29, 1.82) is 0 Å². The number of nitrogens with one attached hydrogen (secondary N) is 1. The lowest BCUT2D eigenvalue weighted by molar-refractivity contribution is 0.0284.